The summed E-state index contributed by atoms with van der Waals surface area (Å²) >= 11 is 2.00. The molecule has 2 atom stereocenters. The van der Waals surface area contributed by atoms with Gasteiger partial charge in [-0.25, -0.2) is 0 Å². The van der Waals surface area contributed by atoms with Crippen molar-refractivity contribution in [1.82, 2.24) is 5.32 Å². The van der Waals surface area contributed by atoms with E-state index in [4.69, 9.17) is 0 Å². The summed E-state index contributed by atoms with van der Waals surface area (Å²) < 4.78 is 0. The van der Waals surface area contributed by atoms with E-state index in [9.17, 15) is 4.79 Å². The van der Waals surface area contributed by atoms with E-state index in [2.05, 4.69) is 5.32 Å². The van der Waals surface area contributed by atoms with Crippen LogP contribution in [0.1, 0.15) is 12.8 Å². The molecule has 0 bridgehead atoms. The molecule has 2 heterocycles. The third-order valence-electron chi connectivity index (χ3n) is 3.59. The molecule has 96 valence electrons. The van der Waals surface area contributed by atoms with Crippen molar-refractivity contribution in [3.8, 4) is 0 Å². The van der Waals surface area contributed by atoms with Crippen molar-refractivity contribution < 1.29 is 4.79 Å². The van der Waals surface area contributed by atoms with Crippen LogP contribution in [0.5, 0.6) is 0 Å². The standard InChI is InChI=1S/C14H18N2OS/c17-14-8-12(15-11-6-7-18-10-11)9-16(14)13-4-2-1-3-5-13/h1-5,11-12,15H,6-10H2/t11-,12-/m1/s1. The minimum absolute atomic E-state index is 0.240. The van der Waals surface area contributed by atoms with E-state index in [0.717, 1.165) is 12.2 Å². The number of nitrogens with zero attached hydrogens (tertiary/aromatic N) is 1. The lowest BCUT2D eigenvalue weighted by molar-refractivity contribution is -0.117. The van der Waals surface area contributed by atoms with Gasteiger partial charge in [0.1, 0.15) is 0 Å². The zero-order valence-corrected chi connectivity index (χ0v) is 11.2. The smallest absolute Gasteiger partial charge is 0.228 e. The summed E-state index contributed by atoms with van der Waals surface area (Å²) in [6.45, 7) is 0.810. The van der Waals surface area contributed by atoms with E-state index in [-0.39, 0.29) is 5.91 Å². The van der Waals surface area contributed by atoms with Crippen LogP contribution >= 0.6 is 11.8 Å². The van der Waals surface area contributed by atoms with E-state index < -0.39 is 0 Å². The highest BCUT2D eigenvalue weighted by atomic mass is 32.2. The number of amides is 1. The van der Waals surface area contributed by atoms with E-state index in [1.807, 2.05) is 47.0 Å². The number of nitrogens with one attached hydrogen (secondary N) is 1. The Labute approximate surface area is 112 Å². The van der Waals surface area contributed by atoms with Gasteiger partial charge in [0, 0.05) is 36.5 Å². The second kappa shape index (κ2) is 5.33. The molecule has 2 aliphatic rings. The first kappa shape index (κ1) is 12.1. The van der Waals surface area contributed by atoms with Crippen molar-refractivity contribution in [1.29, 1.82) is 0 Å². The lowest BCUT2D eigenvalue weighted by atomic mass is 10.2. The molecule has 2 aliphatic heterocycles. The van der Waals surface area contributed by atoms with Gasteiger partial charge < -0.3 is 10.2 Å². The predicted octanol–water partition coefficient (Wildman–Crippen LogP) is 1.89. The van der Waals surface area contributed by atoms with Crippen LogP contribution in [0, 0.1) is 0 Å². The van der Waals surface area contributed by atoms with E-state index in [1.54, 1.807) is 0 Å². The number of carbonyl (C=O) groups is 1. The Bertz CT molecular complexity index is 417. The Morgan fingerprint density at radius 1 is 1.22 bits per heavy atom. The van der Waals surface area contributed by atoms with Crippen molar-refractivity contribution >= 4 is 23.4 Å². The Kier molecular flexibility index (Phi) is 3.57. The summed E-state index contributed by atoms with van der Waals surface area (Å²) in [5.74, 6) is 2.68. The summed E-state index contributed by atoms with van der Waals surface area (Å²) in [5.41, 5.74) is 1.02. The van der Waals surface area contributed by atoms with Crippen molar-refractivity contribution in [2.24, 2.45) is 0 Å². The molecule has 3 rings (SSSR count). The van der Waals surface area contributed by atoms with E-state index in [1.165, 1.54) is 17.9 Å². The number of para-hydroxylation sites is 1. The maximum absolute atomic E-state index is 12.0. The fourth-order valence-electron chi connectivity index (χ4n) is 2.68. The van der Waals surface area contributed by atoms with Crippen LogP contribution in [0.15, 0.2) is 30.3 Å². The second-order valence-corrected chi connectivity index (χ2v) is 6.12. The third-order valence-corrected chi connectivity index (χ3v) is 4.76. The first-order valence-electron chi connectivity index (χ1n) is 6.52. The lowest BCUT2D eigenvalue weighted by Crippen LogP contribution is -2.40. The molecule has 0 radical (unpaired) electrons. The molecule has 18 heavy (non-hydrogen) atoms. The number of anilines is 1. The lowest BCUT2D eigenvalue weighted by Gasteiger charge is -2.19. The van der Waals surface area contributed by atoms with Gasteiger partial charge >= 0.3 is 0 Å². The number of benzene rings is 1. The van der Waals surface area contributed by atoms with Crippen LogP contribution in [-0.4, -0.2) is 36.0 Å². The highest BCUT2D eigenvalue weighted by Crippen LogP contribution is 2.23. The Morgan fingerprint density at radius 2 is 2.06 bits per heavy atom. The minimum atomic E-state index is 0.240. The molecule has 1 N–H and O–H groups in total. The van der Waals surface area contributed by atoms with Crippen molar-refractivity contribution in [3.63, 3.8) is 0 Å². The minimum Gasteiger partial charge on any atom is -0.311 e. The molecule has 0 aromatic heterocycles. The molecule has 0 aliphatic carbocycles. The van der Waals surface area contributed by atoms with Crippen molar-refractivity contribution in [2.75, 3.05) is 23.0 Å². The monoisotopic (exact) mass is 262 g/mol. The largest absolute Gasteiger partial charge is 0.311 e. The maximum Gasteiger partial charge on any atom is 0.228 e. The average molecular weight is 262 g/mol. The maximum atomic E-state index is 12.0. The number of hydrogen-bond acceptors (Lipinski definition) is 3. The van der Waals surface area contributed by atoms with Gasteiger partial charge in [-0.1, -0.05) is 18.2 Å². The van der Waals surface area contributed by atoms with Crippen LogP contribution in [0.4, 0.5) is 5.69 Å². The van der Waals surface area contributed by atoms with Crippen LogP contribution in [-0.2, 0) is 4.79 Å². The first-order chi connectivity index (χ1) is 8.83. The van der Waals surface area contributed by atoms with Gasteiger partial charge in [0.2, 0.25) is 5.91 Å². The van der Waals surface area contributed by atoms with Crippen molar-refractivity contribution in [2.45, 2.75) is 24.9 Å². The fourth-order valence-corrected chi connectivity index (χ4v) is 3.84. The van der Waals surface area contributed by atoms with Crippen LogP contribution in [0.2, 0.25) is 0 Å². The van der Waals surface area contributed by atoms with Gasteiger partial charge in [-0.3, -0.25) is 4.79 Å². The number of hydrogen-bond donors (Lipinski definition) is 1. The second-order valence-electron chi connectivity index (χ2n) is 4.97. The van der Waals surface area contributed by atoms with Gasteiger partial charge in [-0.05, 0) is 24.3 Å². The number of carbonyl (C=O) groups excluding carboxylic acids is 1. The van der Waals surface area contributed by atoms with Gasteiger partial charge in [-0.2, -0.15) is 11.8 Å². The van der Waals surface area contributed by atoms with Crippen LogP contribution in [0.3, 0.4) is 0 Å². The Morgan fingerprint density at radius 3 is 2.78 bits per heavy atom. The molecular formula is C14H18N2OS. The number of rotatable bonds is 3. The van der Waals surface area contributed by atoms with Gasteiger partial charge in [0.05, 0.1) is 0 Å². The Balaban J connectivity index is 1.63. The quantitative estimate of drug-likeness (QED) is 0.903. The summed E-state index contributed by atoms with van der Waals surface area (Å²) in [6, 6.07) is 10.9. The molecule has 0 spiro atoms. The van der Waals surface area contributed by atoms with Crippen molar-refractivity contribution in [3.05, 3.63) is 30.3 Å². The van der Waals surface area contributed by atoms with Gasteiger partial charge in [0.25, 0.3) is 0 Å². The van der Waals surface area contributed by atoms with Gasteiger partial charge in [0.15, 0.2) is 0 Å². The third kappa shape index (κ3) is 2.54. The van der Waals surface area contributed by atoms with Crippen LogP contribution in [0.25, 0.3) is 0 Å². The zero-order valence-electron chi connectivity index (χ0n) is 10.3. The fraction of sp³-hybridized carbons (Fsp3) is 0.500. The average Bonchev–Trinajstić information content (AvgIpc) is 3.01. The summed E-state index contributed by atoms with van der Waals surface area (Å²) in [4.78, 5) is 13.9. The summed E-state index contributed by atoms with van der Waals surface area (Å²) in [5, 5.41) is 3.62. The van der Waals surface area contributed by atoms with E-state index >= 15 is 0 Å². The van der Waals surface area contributed by atoms with E-state index in [0.29, 0.717) is 18.5 Å². The highest BCUT2D eigenvalue weighted by molar-refractivity contribution is 7.99. The molecule has 4 heteroatoms. The Hall–Kier alpha value is -1.00. The number of thioether (sulfide) groups is 1. The molecule has 0 saturated carbocycles. The summed E-state index contributed by atoms with van der Waals surface area (Å²) in [6.07, 6.45) is 1.87. The van der Waals surface area contributed by atoms with Gasteiger partial charge in [-0.15, -0.1) is 0 Å². The predicted molar refractivity (Wildman–Crippen MR) is 76.1 cm³/mol. The molecule has 3 nitrogen and oxygen atoms in total. The molecule has 2 saturated heterocycles. The molecule has 1 amide bonds. The van der Waals surface area contributed by atoms with Crippen LogP contribution < -0.4 is 10.2 Å². The molecule has 1 aromatic carbocycles. The summed E-state index contributed by atoms with van der Waals surface area (Å²) in [7, 11) is 0. The molecule has 0 unspecified atom stereocenters. The first-order valence-corrected chi connectivity index (χ1v) is 7.67. The molecule has 1 aromatic rings. The molecular weight excluding hydrogens is 244 g/mol. The SMILES string of the molecule is O=C1C[C@@H](N[C@@H]2CCSC2)CN1c1ccccc1. The zero-order chi connectivity index (χ0) is 12.4. The highest BCUT2D eigenvalue weighted by Gasteiger charge is 2.32. The molecule has 2 fully saturated rings. The normalized spacial score (nSPS) is 28.0. The topological polar surface area (TPSA) is 32.3 Å².